The minimum atomic E-state index is 0.101. The fourth-order valence-corrected chi connectivity index (χ4v) is 3.58. The normalized spacial score (nSPS) is 23.9. The Balaban J connectivity index is 2.15. The average Bonchev–Trinajstić information content (AvgIpc) is 2.47. The molecule has 0 radical (unpaired) electrons. The molecule has 3 unspecified atom stereocenters. The summed E-state index contributed by atoms with van der Waals surface area (Å²) >= 11 is 0. The molecule has 3 heteroatoms. The largest absolute Gasteiger partial charge is 0.338 e. The van der Waals surface area contributed by atoms with Gasteiger partial charge >= 0.3 is 0 Å². The van der Waals surface area contributed by atoms with Crippen LogP contribution in [0.15, 0.2) is 30.3 Å². The van der Waals surface area contributed by atoms with Gasteiger partial charge in [-0.15, -0.1) is 0 Å². The molecule has 2 N–H and O–H groups in total. The van der Waals surface area contributed by atoms with Gasteiger partial charge in [0.05, 0.1) is 6.04 Å². The third kappa shape index (κ3) is 3.85. The average molecular weight is 288 g/mol. The highest BCUT2D eigenvalue weighted by Crippen LogP contribution is 2.31. The van der Waals surface area contributed by atoms with E-state index in [2.05, 4.69) is 26.0 Å². The molecule has 0 aromatic heterocycles. The Bertz CT molecular complexity index is 458. The van der Waals surface area contributed by atoms with Crippen molar-refractivity contribution in [3.63, 3.8) is 0 Å². The summed E-state index contributed by atoms with van der Waals surface area (Å²) in [7, 11) is 1.94. The smallest absolute Gasteiger partial charge is 0.226 e. The molecule has 3 atom stereocenters. The van der Waals surface area contributed by atoms with Gasteiger partial charge in [-0.05, 0) is 30.7 Å². The number of rotatable bonds is 4. The van der Waals surface area contributed by atoms with Crippen LogP contribution in [-0.4, -0.2) is 23.9 Å². The number of hydrogen-bond donors (Lipinski definition) is 1. The number of nitrogens with zero attached hydrogens (tertiary/aromatic N) is 1. The topological polar surface area (TPSA) is 46.3 Å². The van der Waals surface area contributed by atoms with Gasteiger partial charge in [0.2, 0.25) is 5.91 Å². The lowest BCUT2D eigenvalue weighted by Crippen LogP contribution is -2.41. The molecule has 0 bridgehead atoms. The Labute approximate surface area is 128 Å². The van der Waals surface area contributed by atoms with E-state index >= 15 is 0 Å². The third-order valence-electron chi connectivity index (χ3n) is 4.60. The summed E-state index contributed by atoms with van der Waals surface area (Å²) < 4.78 is 0. The minimum absolute atomic E-state index is 0.101. The van der Waals surface area contributed by atoms with Crippen LogP contribution in [0.3, 0.4) is 0 Å². The summed E-state index contributed by atoms with van der Waals surface area (Å²) in [5, 5.41) is 0. The number of amides is 1. The molecule has 1 aliphatic rings. The Kier molecular flexibility index (Phi) is 5.40. The molecule has 0 heterocycles. The van der Waals surface area contributed by atoms with Crippen LogP contribution in [0.25, 0.3) is 0 Å². The van der Waals surface area contributed by atoms with E-state index in [0.29, 0.717) is 5.92 Å². The van der Waals surface area contributed by atoms with Crippen molar-refractivity contribution in [3.8, 4) is 0 Å². The highest BCUT2D eigenvalue weighted by Gasteiger charge is 2.32. The molecular weight excluding hydrogens is 260 g/mol. The summed E-state index contributed by atoms with van der Waals surface area (Å²) in [5.41, 5.74) is 7.25. The van der Waals surface area contributed by atoms with Crippen LogP contribution in [0.1, 0.15) is 51.1 Å². The molecule has 1 fully saturated rings. The highest BCUT2D eigenvalue weighted by atomic mass is 16.2. The predicted molar refractivity (Wildman–Crippen MR) is 86.7 cm³/mol. The zero-order valence-electron chi connectivity index (χ0n) is 13.5. The molecule has 2 rings (SSSR count). The molecule has 1 aliphatic carbocycles. The first kappa shape index (κ1) is 16.0. The summed E-state index contributed by atoms with van der Waals surface area (Å²) in [6.45, 7) is 4.35. The molecule has 1 aromatic carbocycles. The van der Waals surface area contributed by atoms with Crippen LogP contribution in [0.4, 0.5) is 0 Å². The minimum Gasteiger partial charge on any atom is -0.338 e. The zero-order chi connectivity index (χ0) is 15.4. The van der Waals surface area contributed by atoms with Crippen molar-refractivity contribution in [1.82, 2.24) is 4.90 Å². The molecule has 3 nitrogen and oxygen atoms in total. The maximum atomic E-state index is 12.8. The predicted octanol–water partition coefficient (Wildman–Crippen LogP) is 3.36. The fraction of sp³-hybridized carbons (Fsp3) is 0.611. The number of carbonyl (C=O) groups excluding carboxylic acids is 1. The van der Waals surface area contributed by atoms with Crippen LogP contribution in [-0.2, 0) is 4.79 Å². The lowest BCUT2D eigenvalue weighted by molar-refractivity contribution is -0.138. The Morgan fingerprint density at radius 1 is 1.24 bits per heavy atom. The Morgan fingerprint density at radius 3 is 2.48 bits per heavy atom. The van der Waals surface area contributed by atoms with E-state index in [1.807, 2.05) is 30.1 Å². The first-order chi connectivity index (χ1) is 10.0. The maximum absolute atomic E-state index is 12.8. The van der Waals surface area contributed by atoms with Crippen LogP contribution in [0, 0.1) is 11.8 Å². The van der Waals surface area contributed by atoms with E-state index in [1.165, 1.54) is 5.56 Å². The fourth-order valence-electron chi connectivity index (χ4n) is 3.58. The van der Waals surface area contributed by atoms with Crippen LogP contribution < -0.4 is 5.73 Å². The van der Waals surface area contributed by atoms with E-state index in [4.69, 9.17) is 5.73 Å². The van der Waals surface area contributed by atoms with Gasteiger partial charge in [0.1, 0.15) is 0 Å². The summed E-state index contributed by atoms with van der Waals surface area (Å²) in [6.07, 6.45) is 3.95. The van der Waals surface area contributed by atoms with Gasteiger partial charge in [0.25, 0.3) is 0 Å². The lowest BCUT2D eigenvalue weighted by atomic mass is 9.84. The molecular formula is C18H28N2O. The highest BCUT2D eigenvalue weighted by molar-refractivity contribution is 5.79. The van der Waals surface area contributed by atoms with Gasteiger partial charge in [0, 0.05) is 19.0 Å². The van der Waals surface area contributed by atoms with E-state index in [1.54, 1.807) is 0 Å². The second-order valence-electron chi connectivity index (χ2n) is 6.67. The maximum Gasteiger partial charge on any atom is 0.226 e. The van der Waals surface area contributed by atoms with Gasteiger partial charge in [-0.1, -0.05) is 50.6 Å². The molecule has 0 spiro atoms. The molecule has 116 valence electrons. The van der Waals surface area contributed by atoms with E-state index in [9.17, 15) is 4.79 Å². The Morgan fingerprint density at radius 2 is 1.90 bits per heavy atom. The van der Waals surface area contributed by atoms with Gasteiger partial charge < -0.3 is 10.6 Å². The van der Waals surface area contributed by atoms with E-state index < -0.39 is 0 Å². The van der Waals surface area contributed by atoms with Crippen molar-refractivity contribution >= 4 is 5.91 Å². The van der Waals surface area contributed by atoms with E-state index in [0.717, 1.165) is 25.7 Å². The van der Waals surface area contributed by atoms with Crippen molar-refractivity contribution < 1.29 is 4.79 Å². The SMILES string of the molecule is CC(C)C(c1ccccc1)N(C)C(=O)C1CCCC(N)C1. The standard InChI is InChI=1S/C18H28N2O/c1-13(2)17(14-8-5-4-6-9-14)20(3)18(21)15-10-7-11-16(19)12-15/h4-6,8-9,13,15-17H,7,10-12,19H2,1-3H3. The van der Waals surface area contributed by atoms with Crippen LogP contribution in [0.5, 0.6) is 0 Å². The zero-order valence-corrected chi connectivity index (χ0v) is 13.5. The molecule has 1 aromatic rings. The van der Waals surface area contributed by atoms with Gasteiger partial charge in [-0.3, -0.25) is 4.79 Å². The van der Waals surface area contributed by atoms with E-state index in [-0.39, 0.29) is 23.9 Å². The molecule has 0 aliphatic heterocycles. The van der Waals surface area contributed by atoms with Crippen molar-refractivity contribution in [3.05, 3.63) is 35.9 Å². The number of carbonyl (C=O) groups is 1. The molecule has 21 heavy (non-hydrogen) atoms. The first-order valence-electron chi connectivity index (χ1n) is 8.08. The second-order valence-corrected chi connectivity index (χ2v) is 6.67. The van der Waals surface area contributed by atoms with Crippen LogP contribution in [0.2, 0.25) is 0 Å². The summed E-state index contributed by atoms with van der Waals surface area (Å²) in [5.74, 6) is 0.745. The lowest BCUT2D eigenvalue weighted by Gasteiger charge is -2.36. The number of hydrogen-bond acceptors (Lipinski definition) is 2. The van der Waals surface area contributed by atoms with Crippen molar-refractivity contribution in [1.29, 1.82) is 0 Å². The van der Waals surface area contributed by atoms with Crippen LogP contribution >= 0.6 is 0 Å². The van der Waals surface area contributed by atoms with Crippen molar-refractivity contribution in [2.24, 2.45) is 17.6 Å². The van der Waals surface area contributed by atoms with Gasteiger partial charge in [0.15, 0.2) is 0 Å². The monoisotopic (exact) mass is 288 g/mol. The summed E-state index contributed by atoms with van der Waals surface area (Å²) in [6, 6.07) is 10.6. The van der Waals surface area contributed by atoms with Gasteiger partial charge in [-0.2, -0.15) is 0 Å². The number of nitrogens with two attached hydrogens (primary N) is 1. The quantitative estimate of drug-likeness (QED) is 0.923. The third-order valence-corrected chi connectivity index (χ3v) is 4.60. The first-order valence-corrected chi connectivity index (χ1v) is 8.08. The van der Waals surface area contributed by atoms with Crippen molar-refractivity contribution in [2.75, 3.05) is 7.05 Å². The number of benzene rings is 1. The van der Waals surface area contributed by atoms with Gasteiger partial charge in [-0.25, -0.2) is 0 Å². The van der Waals surface area contributed by atoms with Crippen molar-refractivity contribution in [2.45, 2.75) is 51.6 Å². The molecule has 1 amide bonds. The summed E-state index contributed by atoms with van der Waals surface area (Å²) in [4.78, 5) is 14.8. The Hall–Kier alpha value is -1.35. The molecule has 1 saturated carbocycles. The molecule has 0 saturated heterocycles. The second kappa shape index (κ2) is 7.08.